The van der Waals surface area contributed by atoms with Crippen LogP contribution in [0, 0.1) is 12.8 Å². The maximum Gasteiger partial charge on any atom is 0.317 e. The lowest BCUT2D eigenvalue weighted by Gasteiger charge is -2.09. The number of thioether (sulfide) groups is 1. The van der Waals surface area contributed by atoms with Gasteiger partial charge >= 0.3 is 5.97 Å². The molecule has 0 amide bonds. The van der Waals surface area contributed by atoms with Gasteiger partial charge in [-0.25, -0.2) is 0 Å². The summed E-state index contributed by atoms with van der Waals surface area (Å²) in [6.45, 7) is 4.08. The van der Waals surface area contributed by atoms with E-state index in [2.05, 4.69) is 0 Å². The topological polar surface area (TPSA) is 43.4 Å². The molecular weight excluding hydrogens is 248 g/mol. The van der Waals surface area contributed by atoms with E-state index in [4.69, 9.17) is 4.74 Å². The molecule has 2 atom stereocenters. The smallest absolute Gasteiger partial charge is 0.317 e. The molecule has 0 spiro atoms. The van der Waals surface area contributed by atoms with Crippen LogP contribution in [0.15, 0.2) is 24.3 Å². The van der Waals surface area contributed by atoms with Crippen LogP contribution >= 0.6 is 11.8 Å². The van der Waals surface area contributed by atoms with Gasteiger partial charge in [-0.2, -0.15) is 0 Å². The molecule has 1 fully saturated rings. The lowest BCUT2D eigenvalue weighted by atomic mass is 9.99. The van der Waals surface area contributed by atoms with Crippen molar-refractivity contribution in [2.45, 2.75) is 19.1 Å². The number of ketones is 1. The van der Waals surface area contributed by atoms with E-state index in [9.17, 15) is 9.59 Å². The van der Waals surface area contributed by atoms with Crippen molar-refractivity contribution in [2.75, 3.05) is 12.4 Å². The van der Waals surface area contributed by atoms with Crippen LogP contribution in [-0.2, 0) is 14.3 Å². The highest BCUT2D eigenvalue weighted by atomic mass is 32.2. The molecule has 0 aliphatic carbocycles. The van der Waals surface area contributed by atoms with Crippen LogP contribution in [0.1, 0.15) is 23.3 Å². The Kier molecular flexibility index (Phi) is 4.07. The normalized spacial score (nSPS) is 23.1. The highest BCUT2D eigenvalue weighted by molar-refractivity contribution is 8.00. The van der Waals surface area contributed by atoms with Crippen LogP contribution < -0.4 is 0 Å². The zero-order valence-corrected chi connectivity index (χ0v) is 11.3. The summed E-state index contributed by atoms with van der Waals surface area (Å²) in [5.41, 5.74) is 2.14. The first-order valence-electron chi connectivity index (χ1n) is 6.02. The van der Waals surface area contributed by atoms with Gasteiger partial charge in [-0.05, 0) is 19.4 Å². The second-order valence-electron chi connectivity index (χ2n) is 4.33. The zero-order valence-electron chi connectivity index (χ0n) is 10.5. The van der Waals surface area contributed by atoms with Crippen LogP contribution in [0.5, 0.6) is 0 Å². The quantitative estimate of drug-likeness (QED) is 0.621. The third kappa shape index (κ3) is 2.58. The summed E-state index contributed by atoms with van der Waals surface area (Å²) >= 11 is 1.52. The Labute approximate surface area is 111 Å². The van der Waals surface area contributed by atoms with Gasteiger partial charge in [0, 0.05) is 5.75 Å². The van der Waals surface area contributed by atoms with Crippen molar-refractivity contribution in [1.82, 2.24) is 0 Å². The maximum absolute atomic E-state index is 12.2. The predicted octanol–water partition coefficient (Wildman–Crippen LogP) is 2.53. The molecule has 2 rings (SSSR count). The Bertz CT molecular complexity index is 453. The monoisotopic (exact) mass is 264 g/mol. The molecule has 2 unspecified atom stereocenters. The van der Waals surface area contributed by atoms with Crippen molar-refractivity contribution >= 4 is 23.5 Å². The highest BCUT2D eigenvalue weighted by Crippen LogP contribution is 2.40. The predicted molar refractivity (Wildman–Crippen MR) is 71.5 cm³/mol. The van der Waals surface area contributed by atoms with Gasteiger partial charge in [-0.1, -0.05) is 29.8 Å². The second-order valence-corrected chi connectivity index (χ2v) is 5.47. The van der Waals surface area contributed by atoms with E-state index in [1.54, 1.807) is 6.92 Å². The Morgan fingerprint density at radius 1 is 1.39 bits per heavy atom. The molecule has 1 aromatic rings. The molecule has 3 nitrogen and oxygen atoms in total. The van der Waals surface area contributed by atoms with E-state index in [1.165, 1.54) is 11.8 Å². The number of hydrogen-bond donors (Lipinski definition) is 0. The molecular formula is C14H16O3S. The van der Waals surface area contributed by atoms with Crippen LogP contribution in [0.4, 0.5) is 0 Å². The minimum absolute atomic E-state index is 0.0256. The van der Waals surface area contributed by atoms with Gasteiger partial charge in [0.25, 0.3) is 0 Å². The lowest BCUT2D eigenvalue weighted by molar-refractivity contribution is -0.150. The maximum atomic E-state index is 12.2. The number of ether oxygens (including phenoxy) is 1. The van der Waals surface area contributed by atoms with Gasteiger partial charge in [0.05, 0.1) is 11.9 Å². The Hall–Kier alpha value is -1.29. The molecule has 1 aliphatic heterocycles. The van der Waals surface area contributed by atoms with Crippen molar-refractivity contribution in [1.29, 1.82) is 0 Å². The number of aryl methyl sites for hydroxylation is 1. The highest BCUT2D eigenvalue weighted by Gasteiger charge is 2.40. The van der Waals surface area contributed by atoms with Crippen LogP contribution in [0.3, 0.4) is 0 Å². The first-order valence-corrected chi connectivity index (χ1v) is 7.07. The SMILES string of the molecule is CCOC(=O)C1CSC(c2ccc(C)cc2)C1=O. The van der Waals surface area contributed by atoms with Crippen LogP contribution in [0.2, 0.25) is 0 Å². The van der Waals surface area contributed by atoms with Gasteiger partial charge in [0.1, 0.15) is 5.92 Å². The number of Topliss-reactive ketones (excluding diaryl/α,β-unsaturated/α-hetero) is 1. The summed E-state index contributed by atoms with van der Waals surface area (Å²) in [5.74, 6) is -0.482. The average Bonchev–Trinajstić information content (AvgIpc) is 2.73. The molecule has 1 aliphatic rings. The van der Waals surface area contributed by atoms with Crippen molar-refractivity contribution < 1.29 is 14.3 Å². The largest absolute Gasteiger partial charge is 0.465 e. The van der Waals surface area contributed by atoms with Gasteiger partial charge in [-0.15, -0.1) is 11.8 Å². The molecule has 4 heteroatoms. The number of carbonyl (C=O) groups excluding carboxylic acids is 2. The molecule has 1 heterocycles. The first-order chi connectivity index (χ1) is 8.63. The summed E-state index contributed by atoms with van der Waals surface area (Å²) < 4.78 is 4.93. The molecule has 0 aromatic heterocycles. The average molecular weight is 264 g/mol. The standard InChI is InChI=1S/C14H16O3S/c1-3-17-14(16)11-8-18-13(12(11)15)10-6-4-9(2)5-7-10/h4-7,11,13H,3,8H2,1-2H3. The third-order valence-electron chi connectivity index (χ3n) is 2.98. The summed E-state index contributed by atoms with van der Waals surface area (Å²) in [6, 6.07) is 7.89. The lowest BCUT2D eigenvalue weighted by Crippen LogP contribution is -2.25. The van der Waals surface area contributed by atoms with E-state index in [-0.39, 0.29) is 17.0 Å². The summed E-state index contributed by atoms with van der Waals surface area (Å²) in [6.07, 6.45) is 0. The fourth-order valence-electron chi connectivity index (χ4n) is 1.97. The second kappa shape index (κ2) is 5.57. The van der Waals surface area contributed by atoms with Crippen LogP contribution in [-0.4, -0.2) is 24.1 Å². The van der Waals surface area contributed by atoms with E-state index in [1.807, 2.05) is 31.2 Å². The number of hydrogen-bond acceptors (Lipinski definition) is 4. The molecule has 96 valence electrons. The van der Waals surface area contributed by atoms with Crippen molar-refractivity contribution in [3.63, 3.8) is 0 Å². The van der Waals surface area contributed by atoms with Gasteiger partial charge in [0.2, 0.25) is 0 Å². The molecule has 0 radical (unpaired) electrons. The van der Waals surface area contributed by atoms with Gasteiger partial charge in [-0.3, -0.25) is 9.59 Å². The minimum atomic E-state index is -0.596. The number of rotatable bonds is 3. The third-order valence-corrected chi connectivity index (χ3v) is 4.35. The summed E-state index contributed by atoms with van der Waals surface area (Å²) in [4.78, 5) is 23.8. The number of esters is 1. The fourth-order valence-corrected chi connectivity index (χ4v) is 3.33. The van der Waals surface area contributed by atoms with Crippen molar-refractivity contribution in [3.8, 4) is 0 Å². The van der Waals surface area contributed by atoms with Crippen molar-refractivity contribution in [3.05, 3.63) is 35.4 Å². The van der Waals surface area contributed by atoms with Crippen molar-refractivity contribution in [2.24, 2.45) is 5.92 Å². The van der Waals surface area contributed by atoms with Gasteiger partial charge < -0.3 is 4.74 Å². The minimum Gasteiger partial charge on any atom is -0.465 e. The zero-order chi connectivity index (χ0) is 13.1. The van der Waals surface area contributed by atoms with Crippen LogP contribution in [0.25, 0.3) is 0 Å². The van der Waals surface area contributed by atoms with E-state index in [0.29, 0.717) is 12.4 Å². The molecule has 0 bridgehead atoms. The number of carbonyl (C=O) groups is 2. The number of benzene rings is 1. The first kappa shape index (κ1) is 13.1. The fraction of sp³-hybridized carbons (Fsp3) is 0.429. The molecule has 1 saturated heterocycles. The Morgan fingerprint density at radius 3 is 2.67 bits per heavy atom. The molecule has 0 saturated carbocycles. The van der Waals surface area contributed by atoms with E-state index >= 15 is 0 Å². The van der Waals surface area contributed by atoms with E-state index in [0.717, 1.165) is 11.1 Å². The van der Waals surface area contributed by atoms with Gasteiger partial charge in [0.15, 0.2) is 5.78 Å². The summed E-state index contributed by atoms with van der Waals surface area (Å²) in [5, 5.41) is -0.222. The molecule has 1 aromatic carbocycles. The summed E-state index contributed by atoms with van der Waals surface area (Å²) in [7, 11) is 0. The Balaban J connectivity index is 2.12. The van der Waals surface area contributed by atoms with E-state index < -0.39 is 5.92 Å². The molecule has 0 N–H and O–H groups in total. The molecule has 18 heavy (non-hydrogen) atoms. The Morgan fingerprint density at radius 2 is 2.06 bits per heavy atom.